The fourth-order valence-electron chi connectivity index (χ4n) is 3.07. The lowest BCUT2D eigenvalue weighted by Gasteiger charge is -2.21. The first-order valence-corrected chi connectivity index (χ1v) is 12.9. The lowest BCUT2D eigenvalue weighted by molar-refractivity contribution is -0.354. The average Bonchev–Trinajstić information content (AvgIpc) is 2.79. The summed E-state index contributed by atoms with van der Waals surface area (Å²) in [5.41, 5.74) is 12.0. The lowest BCUT2D eigenvalue weighted by atomic mass is 10.1. The zero-order valence-corrected chi connectivity index (χ0v) is 22.6. The minimum atomic E-state index is -4.27. The van der Waals surface area contributed by atoms with E-state index in [0.29, 0.717) is 16.8 Å². The second-order valence-electron chi connectivity index (χ2n) is 9.29. The van der Waals surface area contributed by atoms with Gasteiger partial charge in [0.15, 0.2) is 0 Å². The second kappa shape index (κ2) is 12.4. The van der Waals surface area contributed by atoms with Gasteiger partial charge in [0.1, 0.15) is 33.2 Å². The molecule has 6 N–H and O–H groups in total. The number of esters is 1. The lowest BCUT2D eigenvalue weighted by Crippen LogP contribution is -2.72. The predicted molar refractivity (Wildman–Crippen MR) is 142 cm³/mol. The maximum Gasteiger partial charge on any atom is 0.408 e. The van der Waals surface area contributed by atoms with E-state index in [2.05, 4.69) is 10.3 Å². The van der Waals surface area contributed by atoms with Crippen LogP contribution in [0.3, 0.4) is 0 Å². The first-order valence-electron chi connectivity index (χ1n) is 11.5. The quantitative estimate of drug-likeness (QED) is 0.121. The molecule has 0 saturated carbocycles. The third-order valence-electron chi connectivity index (χ3n) is 4.77. The van der Waals surface area contributed by atoms with Crippen LogP contribution in [0, 0.1) is 6.92 Å². The molecule has 0 aliphatic rings. The summed E-state index contributed by atoms with van der Waals surface area (Å²) >= 11 is 0. The van der Waals surface area contributed by atoms with Crippen molar-refractivity contribution in [1.82, 2.24) is 5.32 Å². The van der Waals surface area contributed by atoms with Gasteiger partial charge < -0.3 is 19.3 Å². The normalized spacial score (nSPS) is 11.9. The Hall–Kier alpha value is -4.16. The molecule has 0 heterocycles. The van der Waals surface area contributed by atoms with Gasteiger partial charge in [-0.3, -0.25) is 11.5 Å². The third kappa shape index (κ3) is 9.37. The van der Waals surface area contributed by atoms with E-state index in [-0.39, 0.29) is 10.9 Å². The van der Waals surface area contributed by atoms with Gasteiger partial charge in [-0.2, -0.15) is 0 Å². The van der Waals surface area contributed by atoms with E-state index in [1.165, 1.54) is 19.1 Å². The number of hydrogen-bond acceptors (Lipinski definition) is 7. The molecule has 0 saturated heterocycles. The van der Waals surface area contributed by atoms with Gasteiger partial charge >= 0.3 is 18.0 Å². The molecule has 0 aliphatic carbocycles. The van der Waals surface area contributed by atoms with E-state index in [1.807, 2.05) is 31.2 Å². The number of nitrogens with two attached hydrogens (primary N) is 2. The molecule has 3 aromatic rings. The molecule has 3 aromatic carbocycles. The number of rotatable bonds is 5. The van der Waals surface area contributed by atoms with Crippen LogP contribution in [0.1, 0.15) is 33.3 Å². The van der Waals surface area contributed by atoms with E-state index in [0.717, 1.165) is 10.9 Å². The van der Waals surface area contributed by atoms with Crippen molar-refractivity contribution in [3.63, 3.8) is 0 Å². The monoisotopic (exact) mass is 544 g/mol. The van der Waals surface area contributed by atoms with Gasteiger partial charge in [0.25, 0.3) is 0 Å². The average molecular weight is 545 g/mol. The Bertz CT molecular complexity index is 1430. The largest absolute Gasteiger partial charge is 0.744 e. The van der Waals surface area contributed by atoms with Gasteiger partial charge in [-0.1, -0.05) is 42.0 Å². The summed E-state index contributed by atoms with van der Waals surface area (Å²) < 4.78 is 41.8. The molecule has 0 aliphatic heterocycles. The molecule has 11 nitrogen and oxygen atoms in total. The minimum absolute atomic E-state index is 0.0556. The highest BCUT2D eigenvalue weighted by Crippen LogP contribution is 2.29. The molecule has 0 radical (unpaired) electrons. The first-order chi connectivity index (χ1) is 17.6. The Morgan fingerprint density at radius 1 is 0.974 bits per heavy atom. The van der Waals surface area contributed by atoms with Crippen LogP contribution >= 0.6 is 0 Å². The number of nitrogens with one attached hydrogen (secondary N) is 2. The molecule has 0 bridgehead atoms. The molecule has 0 fully saturated rings. The van der Waals surface area contributed by atoms with Crippen molar-refractivity contribution < 1.29 is 37.0 Å². The molecular formula is C26H32N4O7S. The number of hydrogen-bond donors (Lipinski definition) is 4. The van der Waals surface area contributed by atoms with Crippen LogP contribution in [0.25, 0.3) is 10.8 Å². The van der Waals surface area contributed by atoms with Crippen molar-refractivity contribution in [2.45, 2.75) is 51.2 Å². The molecule has 0 aromatic heterocycles. The van der Waals surface area contributed by atoms with Gasteiger partial charge in [-0.05, 0) is 58.9 Å². The van der Waals surface area contributed by atoms with Crippen LogP contribution in [0.15, 0.2) is 65.6 Å². The highest BCUT2D eigenvalue weighted by Gasteiger charge is 2.23. The van der Waals surface area contributed by atoms with Gasteiger partial charge in [-0.15, -0.1) is 0 Å². The van der Waals surface area contributed by atoms with Crippen molar-refractivity contribution in [1.29, 1.82) is 0 Å². The van der Waals surface area contributed by atoms with Crippen LogP contribution in [0.2, 0.25) is 0 Å². The highest BCUT2D eigenvalue weighted by atomic mass is 32.2. The summed E-state index contributed by atoms with van der Waals surface area (Å²) in [4.78, 5) is 26.9. The van der Waals surface area contributed by atoms with Crippen molar-refractivity contribution in [3.8, 4) is 5.75 Å². The minimum Gasteiger partial charge on any atom is -0.744 e. The van der Waals surface area contributed by atoms with E-state index in [1.54, 1.807) is 45.0 Å². The molecule has 1 atom stereocenters. The SMILES string of the molecule is C[C@H](NC(=O)OC(C)(C)C)C(=O)Oc1ccc([NH+]=C(N)N)c2ccccc12.Cc1ccc(S(=O)(=O)[O-])cc1. The number of ether oxygens (including phenoxy) is 2. The fourth-order valence-corrected chi connectivity index (χ4v) is 3.54. The molecule has 38 heavy (non-hydrogen) atoms. The molecule has 0 unspecified atom stereocenters. The summed E-state index contributed by atoms with van der Waals surface area (Å²) in [7, 11) is -4.27. The Morgan fingerprint density at radius 2 is 1.55 bits per heavy atom. The molecule has 3 rings (SSSR count). The molecule has 12 heteroatoms. The van der Waals surface area contributed by atoms with Crippen LogP contribution in [0.4, 0.5) is 10.5 Å². The number of fused-ring (bicyclic) bond motifs is 1. The molecule has 0 spiro atoms. The second-order valence-corrected chi connectivity index (χ2v) is 10.7. The van der Waals surface area contributed by atoms with Crippen LogP contribution < -0.4 is 26.5 Å². The summed E-state index contributed by atoms with van der Waals surface area (Å²) in [5, 5.41) is 3.93. The Morgan fingerprint density at radius 3 is 2.08 bits per heavy atom. The Labute approximate surface area is 221 Å². The Balaban J connectivity index is 0.000000384. The predicted octanol–water partition coefficient (Wildman–Crippen LogP) is 1.54. The van der Waals surface area contributed by atoms with Gasteiger partial charge in [0.05, 0.1) is 4.90 Å². The topological polar surface area (TPSA) is 188 Å². The van der Waals surface area contributed by atoms with Gasteiger partial charge in [0, 0.05) is 10.8 Å². The maximum absolute atomic E-state index is 12.4. The smallest absolute Gasteiger partial charge is 0.408 e. The maximum atomic E-state index is 12.4. The zero-order chi connectivity index (χ0) is 28.7. The van der Waals surface area contributed by atoms with Crippen molar-refractivity contribution in [3.05, 3.63) is 66.2 Å². The van der Waals surface area contributed by atoms with Gasteiger partial charge in [0.2, 0.25) is 0 Å². The number of carbonyl (C=O) groups is 2. The summed E-state index contributed by atoms with van der Waals surface area (Å²) in [6.07, 6.45) is -0.690. The van der Waals surface area contributed by atoms with Crippen molar-refractivity contribution >= 4 is 44.6 Å². The summed E-state index contributed by atoms with van der Waals surface area (Å²) in [6.45, 7) is 8.56. The standard InChI is InChI=1S/C19H24N4O4.C7H8O3S/c1-11(22-18(25)27-19(2,3)4)16(24)26-15-10-9-14(23-17(20)21)12-7-5-6-8-13(12)15;1-6-2-4-7(5-3-6)11(8,9)10/h5-11H,1-4H3,(H,22,25)(H4,20,21,23);2-5H,1H3,(H,8,9,10)/t11-;/m0./s1. The first kappa shape index (κ1) is 30.1. The molecular weight excluding hydrogens is 512 g/mol. The number of aryl methyl sites for hydroxylation is 1. The van der Waals surface area contributed by atoms with E-state index < -0.39 is 33.8 Å². The van der Waals surface area contributed by atoms with E-state index in [9.17, 15) is 22.6 Å². The van der Waals surface area contributed by atoms with Crippen molar-refractivity contribution in [2.75, 3.05) is 0 Å². The van der Waals surface area contributed by atoms with E-state index >= 15 is 0 Å². The van der Waals surface area contributed by atoms with Crippen LogP contribution in [-0.2, 0) is 19.6 Å². The Kier molecular flexibility index (Phi) is 9.80. The number of benzene rings is 3. The van der Waals surface area contributed by atoms with Gasteiger partial charge in [-0.25, -0.2) is 23.0 Å². The van der Waals surface area contributed by atoms with E-state index in [4.69, 9.17) is 20.9 Å². The fraction of sp³-hybridized carbons (Fsp3) is 0.269. The van der Waals surface area contributed by atoms with Crippen LogP contribution in [0.5, 0.6) is 5.75 Å². The number of amides is 1. The molecule has 204 valence electrons. The van der Waals surface area contributed by atoms with Crippen molar-refractivity contribution in [2.24, 2.45) is 11.5 Å². The third-order valence-corrected chi connectivity index (χ3v) is 5.62. The summed E-state index contributed by atoms with van der Waals surface area (Å²) in [5.74, 6) is -0.203. The number of carbonyl (C=O) groups excluding carboxylic acids is 2. The number of alkyl carbamates (subject to hydrolysis) is 1. The summed E-state index contributed by atoms with van der Waals surface area (Å²) in [6, 6.07) is 15.6. The highest BCUT2D eigenvalue weighted by molar-refractivity contribution is 7.85. The van der Waals surface area contributed by atoms with Crippen LogP contribution in [-0.4, -0.2) is 42.6 Å². The molecule has 1 amide bonds. The number of guanidine groups is 1. The zero-order valence-electron chi connectivity index (χ0n) is 21.8.